The maximum absolute atomic E-state index is 12.2. The van der Waals surface area contributed by atoms with E-state index in [1.807, 2.05) is 6.07 Å². The van der Waals surface area contributed by atoms with Gasteiger partial charge in [-0.05, 0) is 89.4 Å². The minimum atomic E-state index is -0.0500. The number of halogens is 1. The maximum atomic E-state index is 12.2. The average molecular weight is 451 g/mol. The predicted octanol–water partition coefficient (Wildman–Crippen LogP) is 5.64. The Labute approximate surface area is 178 Å². The Hall–Kier alpha value is -1.23. The van der Waals surface area contributed by atoms with Crippen molar-refractivity contribution in [1.82, 2.24) is 10.6 Å². The van der Waals surface area contributed by atoms with Crippen LogP contribution in [0.5, 0.6) is 5.75 Å². The third-order valence-corrected chi connectivity index (χ3v) is 7.08. The van der Waals surface area contributed by atoms with Gasteiger partial charge in [-0.3, -0.25) is 0 Å². The first-order valence-electron chi connectivity index (χ1n) is 10.7. The summed E-state index contributed by atoms with van der Waals surface area (Å²) in [4.78, 5) is 12.2. The van der Waals surface area contributed by atoms with Gasteiger partial charge in [0.2, 0.25) is 0 Å². The summed E-state index contributed by atoms with van der Waals surface area (Å²) >= 11 is 3.60. The van der Waals surface area contributed by atoms with Crippen LogP contribution in [0.1, 0.15) is 65.4 Å². The van der Waals surface area contributed by atoms with E-state index in [1.54, 1.807) is 0 Å². The molecular weight excluding hydrogens is 416 g/mol. The molecule has 4 nitrogen and oxygen atoms in total. The van der Waals surface area contributed by atoms with Crippen LogP contribution in [0, 0.1) is 17.8 Å². The molecule has 2 saturated carbocycles. The van der Waals surface area contributed by atoms with Gasteiger partial charge in [-0.2, -0.15) is 0 Å². The number of fused-ring (bicyclic) bond motifs is 2. The summed E-state index contributed by atoms with van der Waals surface area (Å²) in [7, 11) is 0. The summed E-state index contributed by atoms with van der Waals surface area (Å²) in [6.07, 6.45) is 6.20. The smallest absolute Gasteiger partial charge is 0.315 e. The van der Waals surface area contributed by atoms with E-state index in [9.17, 15) is 4.79 Å². The number of amides is 2. The van der Waals surface area contributed by atoms with Gasteiger partial charge in [0.1, 0.15) is 5.75 Å². The molecule has 3 rings (SSSR count). The normalized spacial score (nSPS) is 24.8. The molecule has 1 aromatic rings. The van der Waals surface area contributed by atoms with Gasteiger partial charge in [-0.25, -0.2) is 4.79 Å². The van der Waals surface area contributed by atoms with Crippen LogP contribution in [-0.4, -0.2) is 25.2 Å². The Balaban J connectivity index is 1.33. The highest BCUT2D eigenvalue weighted by molar-refractivity contribution is 9.10. The largest absolute Gasteiger partial charge is 0.492 e. The fourth-order valence-electron chi connectivity index (χ4n) is 4.81. The molecule has 2 amide bonds. The standard InChI is InChI=1S/C23H35BrN2O2/c1-15(19-13-16-6-7-17(19)12-16)26-22(27)25-10-5-11-28-21-9-8-18(14-20(21)24)23(2,3)4/h8-9,14-17,19H,5-7,10-13H2,1-4H3,(H2,25,26,27). The fourth-order valence-corrected chi connectivity index (χ4v) is 5.31. The molecule has 156 valence electrons. The zero-order chi connectivity index (χ0) is 20.3. The van der Waals surface area contributed by atoms with Crippen molar-refractivity contribution in [2.24, 2.45) is 17.8 Å². The second-order valence-electron chi connectivity index (χ2n) is 9.62. The van der Waals surface area contributed by atoms with Crippen molar-refractivity contribution in [3.8, 4) is 5.75 Å². The zero-order valence-corrected chi connectivity index (χ0v) is 19.3. The lowest BCUT2D eigenvalue weighted by Crippen LogP contribution is -2.45. The number of benzene rings is 1. The van der Waals surface area contributed by atoms with E-state index >= 15 is 0 Å². The van der Waals surface area contributed by atoms with Crippen molar-refractivity contribution in [3.05, 3.63) is 28.2 Å². The quantitative estimate of drug-likeness (QED) is 0.527. The number of hydrogen-bond acceptors (Lipinski definition) is 2. The molecule has 2 aliphatic carbocycles. The molecule has 5 heteroatoms. The van der Waals surface area contributed by atoms with Crippen molar-refractivity contribution in [3.63, 3.8) is 0 Å². The van der Waals surface area contributed by atoms with E-state index in [-0.39, 0.29) is 17.5 Å². The predicted molar refractivity (Wildman–Crippen MR) is 118 cm³/mol. The molecule has 1 aromatic carbocycles. The van der Waals surface area contributed by atoms with E-state index < -0.39 is 0 Å². The number of urea groups is 1. The molecule has 0 spiro atoms. The SMILES string of the molecule is CC(NC(=O)NCCCOc1ccc(C(C)(C)C)cc1Br)C1CC2CCC1C2. The second kappa shape index (κ2) is 9.06. The van der Waals surface area contributed by atoms with E-state index in [2.05, 4.69) is 66.4 Å². The third kappa shape index (κ3) is 5.43. The van der Waals surface area contributed by atoms with Gasteiger partial charge in [-0.15, -0.1) is 0 Å². The van der Waals surface area contributed by atoms with Crippen molar-refractivity contribution in [2.45, 2.75) is 71.3 Å². The number of hydrogen-bond donors (Lipinski definition) is 2. The van der Waals surface area contributed by atoms with E-state index in [4.69, 9.17) is 4.74 Å². The second-order valence-corrected chi connectivity index (χ2v) is 10.5. The molecule has 4 unspecified atom stereocenters. The number of carbonyl (C=O) groups is 1. The van der Waals surface area contributed by atoms with Crippen LogP contribution in [0.3, 0.4) is 0 Å². The molecule has 0 saturated heterocycles. The molecule has 0 heterocycles. The Morgan fingerprint density at radius 2 is 2.07 bits per heavy atom. The molecule has 28 heavy (non-hydrogen) atoms. The number of ether oxygens (including phenoxy) is 1. The number of nitrogens with one attached hydrogen (secondary N) is 2. The fraction of sp³-hybridized carbons (Fsp3) is 0.696. The van der Waals surface area contributed by atoms with Gasteiger partial charge in [0.25, 0.3) is 0 Å². The first-order chi connectivity index (χ1) is 13.2. The molecule has 0 aromatic heterocycles. The molecule has 2 fully saturated rings. The van der Waals surface area contributed by atoms with Crippen molar-refractivity contribution in [2.75, 3.05) is 13.2 Å². The molecule has 0 aliphatic heterocycles. The minimum Gasteiger partial charge on any atom is -0.492 e. The summed E-state index contributed by atoms with van der Waals surface area (Å²) in [5, 5.41) is 6.12. The average Bonchev–Trinajstić information content (AvgIpc) is 3.25. The van der Waals surface area contributed by atoms with E-state index in [1.165, 1.54) is 31.2 Å². The Bertz CT molecular complexity index is 686. The van der Waals surface area contributed by atoms with Crippen molar-refractivity contribution >= 4 is 22.0 Å². The van der Waals surface area contributed by atoms with Crippen LogP contribution < -0.4 is 15.4 Å². The first kappa shape index (κ1) is 21.5. The topological polar surface area (TPSA) is 50.4 Å². The third-order valence-electron chi connectivity index (χ3n) is 6.46. The lowest BCUT2D eigenvalue weighted by molar-refractivity contribution is 0.219. The number of carbonyl (C=O) groups excluding carboxylic acids is 1. The molecule has 2 bridgehead atoms. The van der Waals surface area contributed by atoms with Gasteiger partial charge >= 0.3 is 6.03 Å². The van der Waals surface area contributed by atoms with Crippen LogP contribution in [0.15, 0.2) is 22.7 Å². The van der Waals surface area contributed by atoms with Gasteiger partial charge < -0.3 is 15.4 Å². The number of rotatable bonds is 7. The minimum absolute atomic E-state index is 0.0500. The molecular formula is C23H35BrN2O2. The van der Waals surface area contributed by atoms with Gasteiger partial charge in [0, 0.05) is 12.6 Å². The highest BCUT2D eigenvalue weighted by atomic mass is 79.9. The van der Waals surface area contributed by atoms with Crippen molar-refractivity contribution < 1.29 is 9.53 Å². The lowest BCUT2D eigenvalue weighted by atomic mass is 9.84. The summed E-state index contributed by atoms with van der Waals surface area (Å²) < 4.78 is 6.84. The van der Waals surface area contributed by atoms with Crippen LogP contribution in [0.25, 0.3) is 0 Å². The molecule has 2 aliphatic rings. The van der Waals surface area contributed by atoms with E-state index in [0.717, 1.165) is 28.5 Å². The van der Waals surface area contributed by atoms with Gasteiger partial charge in [0.05, 0.1) is 11.1 Å². The highest BCUT2D eigenvalue weighted by Crippen LogP contribution is 2.49. The maximum Gasteiger partial charge on any atom is 0.315 e. The Kier molecular flexibility index (Phi) is 6.95. The van der Waals surface area contributed by atoms with E-state index in [0.29, 0.717) is 19.1 Å². The van der Waals surface area contributed by atoms with Crippen molar-refractivity contribution in [1.29, 1.82) is 0 Å². The van der Waals surface area contributed by atoms with Gasteiger partial charge in [0.15, 0.2) is 0 Å². The Morgan fingerprint density at radius 3 is 2.68 bits per heavy atom. The summed E-state index contributed by atoms with van der Waals surface area (Å²) in [5.41, 5.74) is 1.39. The monoisotopic (exact) mass is 450 g/mol. The van der Waals surface area contributed by atoms with Crippen LogP contribution in [-0.2, 0) is 5.41 Å². The molecule has 0 radical (unpaired) electrons. The van der Waals surface area contributed by atoms with Crippen LogP contribution >= 0.6 is 15.9 Å². The zero-order valence-electron chi connectivity index (χ0n) is 17.7. The summed E-state index contributed by atoms with van der Waals surface area (Å²) in [6.45, 7) is 9.95. The molecule has 4 atom stereocenters. The molecule has 2 N–H and O–H groups in total. The summed E-state index contributed by atoms with van der Waals surface area (Å²) in [5.74, 6) is 3.26. The lowest BCUT2D eigenvalue weighted by Gasteiger charge is -2.28. The van der Waals surface area contributed by atoms with Gasteiger partial charge in [-0.1, -0.05) is 33.3 Å². The Morgan fingerprint density at radius 1 is 1.29 bits per heavy atom. The summed E-state index contributed by atoms with van der Waals surface area (Å²) in [6, 6.07) is 6.47. The van der Waals surface area contributed by atoms with Crippen LogP contribution in [0.2, 0.25) is 0 Å². The van der Waals surface area contributed by atoms with Crippen LogP contribution in [0.4, 0.5) is 4.79 Å². The first-order valence-corrected chi connectivity index (χ1v) is 11.5. The highest BCUT2D eigenvalue weighted by Gasteiger charge is 2.42.